The van der Waals surface area contributed by atoms with Crippen LogP contribution in [-0.4, -0.2) is 64.1 Å². The summed E-state index contributed by atoms with van der Waals surface area (Å²) in [7, 11) is 3.38. The third-order valence-electron chi connectivity index (χ3n) is 4.18. The Morgan fingerprint density at radius 1 is 1.43 bits per heavy atom. The average molecular weight is 352 g/mol. The molecule has 1 saturated heterocycles. The predicted octanol–water partition coefficient (Wildman–Crippen LogP) is 2.11. The smallest absolute Gasteiger partial charge is 0.323 e. The molecule has 3 rings (SSSR count). The minimum absolute atomic E-state index is 0.111. The number of esters is 1. The van der Waals surface area contributed by atoms with Gasteiger partial charge in [0.2, 0.25) is 0 Å². The number of benzene rings is 1. The largest absolute Gasteiger partial charge is 0.507 e. The number of carbonyl (C=O) groups is 1. The van der Waals surface area contributed by atoms with Crippen LogP contribution in [0.15, 0.2) is 23.2 Å². The number of phenolic OH excluding ortho intramolecular Hbond substituents is 1. The van der Waals surface area contributed by atoms with E-state index in [9.17, 15) is 9.90 Å². The van der Waals surface area contributed by atoms with Crippen LogP contribution >= 0.6 is 23.5 Å². The van der Waals surface area contributed by atoms with Crippen LogP contribution in [0.25, 0.3) is 0 Å². The average Bonchev–Trinajstić information content (AvgIpc) is 3.13. The van der Waals surface area contributed by atoms with Crippen molar-refractivity contribution in [1.29, 1.82) is 0 Å². The van der Waals surface area contributed by atoms with Gasteiger partial charge in [0.15, 0.2) is 0 Å². The number of thioether (sulfide) groups is 2. The zero-order chi connectivity index (χ0) is 16.6. The molecule has 1 N–H and O–H groups in total. The van der Waals surface area contributed by atoms with E-state index in [1.165, 1.54) is 7.11 Å². The molecule has 1 fully saturated rings. The molecule has 124 valence electrons. The molecule has 1 aromatic carbocycles. The summed E-state index contributed by atoms with van der Waals surface area (Å²) in [4.78, 5) is 18.7. The summed E-state index contributed by atoms with van der Waals surface area (Å²) < 4.78 is 4.86. The number of phenols is 1. The van der Waals surface area contributed by atoms with Gasteiger partial charge < -0.3 is 9.84 Å². The van der Waals surface area contributed by atoms with Gasteiger partial charge in [-0.25, -0.2) is 0 Å². The van der Waals surface area contributed by atoms with E-state index in [1.54, 1.807) is 29.6 Å². The molecule has 23 heavy (non-hydrogen) atoms. The fraction of sp³-hybridized carbons (Fsp3) is 0.500. The van der Waals surface area contributed by atoms with Crippen LogP contribution in [0.2, 0.25) is 0 Å². The first-order valence-electron chi connectivity index (χ1n) is 7.43. The second-order valence-corrected chi connectivity index (χ2v) is 7.92. The van der Waals surface area contributed by atoms with Gasteiger partial charge in [-0.3, -0.25) is 14.7 Å². The van der Waals surface area contributed by atoms with E-state index < -0.39 is 0 Å². The van der Waals surface area contributed by atoms with Gasteiger partial charge >= 0.3 is 5.97 Å². The number of hydrogen-bond donors (Lipinski definition) is 1. The van der Waals surface area contributed by atoms with E-state index in [-0.39, 0.29) is 29.2 Å². The Morgan fingerprint density at radius 3 is 2.91 bits per heavy atom. The summed E-state index contributed by atoms with van der Waals surface area (Å²) in [5.41, 5.74) is 1.82. The Morgan fingerprint density at radius 2 is 2.22 bits per heavy atom. The summed E-state index contributed by atoms with van der Waals surface area (Å²) in [6.07, 6.45) is 0. The molecule has 0 bridgehead atoms. The molecule has 3 atom stereocenters. The maximum atomic E-state index is 11.8. The van der Waals surface area contributed by atoms with Gasteiger partial charge in [0.25, 0.3) is 0 Å². The molecule has 0 spiro atoms. The van der Waals surface area contributed by atoms with E-state index in [1.807, 2.05) is 26.1 Å². The van der Waals surface area contributed by atoms with Crippen molar-refractivity contribution in [3.05, 3.63) is 29.3 Å². The highest BCUT2D eigenvalue weighted by atomic mass is 32.2. The van der Waals surface area contributed by atoms with Crippen molar-refractivity contribution in [3.63, 3.8) is 0 Å². The van der Waals surface area contributed by atoms with Crippen LogP contribution in [0.3, 0.4) is 0 Å². The second kappa shape index (κ2) is 6.75. The summed E-state index contributed by atoms with van der Waals surface area (Å²) in [5, 5.41) is 11.2. The van der Waals surface area contributed by atoms with Crippen LogP contribution in [0, 0.1) is 6.92 Å². The van der Waals surface area contributed by atoms with Gasteiger partial charge in [0.05, 0.1) is 18.5 Å². The van der Waals surface area contributed by atoms with Crippen LogP contribution in [-0.2, 0) is 9.53 Å². The maximum absolute atomic E-state index is 11.8. The Labute approximate surface area is 144 Å². The Bertz CT molecular complexity index is 650. The van der Waals surface area contributed by atoms with Crippen molar-refractivity contribution in [2.75, 3.05) is 25.7 Å². The fourth-order valence-corrected chi connectivity index (χ4v) is 5.62. The zero-order valence-corrected chi connectivity index (χ0v) is 15.0. The molecule has 0 aliphatic carbocycles. The van der Waals surface area contributed by atoms with Crippen molar-refractivity contribution >= 4 is 34.5 Å². The van der Waals surface area contributed by atoms with Gasteiger partial charge in [-0.1, -0.05) is 6.07 Å². The molecule has 2 aliphatic heterocycles. The predicted molar refractivity (Wildman–Crippen MR) is 95.4 cm³/mol. The molecule has 2 aliphatic rings. The number of methoxy groups -OCH3 is 1. The number of ether oxygens (including phenoxy) is 1. The third-order valence-corrected chi connectivity index (χ3v) is 6.78. The molecule has 7 heteroatoms. The summed E-state index contributed by atoms with van der Waals surface area (Å²) >= 11 is 3.41. The number of nitrogens with zero attached hydrogens (tertiary/aromatic N) is 2. The fourth-order valence-electron chi connectivity index (χ4n) is 2.86. The first kappa shape index (κ1) is 16.7. The lowest BCUT2D eigenvalue weighted by molar-refractivity contribution is -0.145. The van der Waals surface area contributed by atoms with Gasteiger partial charge in [0, 0.05) is 17.1 Å². The number of likely N-dealkylation sites (N-methyl/N-ethyl adjacent to an activating group) is 1. The maximum Gasteiger partial charge on any atom is 0.323 e. The highest BCUT2D eigenvalue weighted by Crippen LogP contribution is 2.37. The summed E-state index contributed by atoms with van der Waals surface area (Å²) in [6, 6.07) is 5.57. The molecule has 2 heterocycles. The first-order valence-corrected chi connectivity index (χ1v) is 9.46. The summed E-state index contributed by atoms with van der Waals surface area (Å²) in [5.74, 6) is 1.68. The second-order valence-electron chi connectivity index (χ2n) is 5.76. The number of carbonyl (C=O) groups excluding carboxylic acids is 1. The number of aliphatic imine (C=N–C) groups is 1. The quantitative estimate of drug-likeness (QED) is 0.841. The van der Waals surface area contributed by atoms with Gasteiger partial charge in [-0.05, 0) is 31.7 Å². The van der Waals surface area contributed by atoms with Crippen LogP contribution in [0.5, 0.6) is 5.75 Å². The lowest BCUT2D eigenvalue weighted by atomic mass is 10.1. The molecule has 5 nitrogen and oxygen atoms in total. The van der Waals surface area contributed by atoms with Crippen molar-refractivity contribution < 1.29 is 14.6 Å². The molecular formula is C16H20N2O3S2. The lowest BCUT2D eigenvalue weighted by Crippen LogP contribution is -2.43. The van der Waals surface area contributed by atoms with Crippen molar-refractivity contribution in [1.82, 2.24) is 4.90 Å². The minimum Gasteiger partial charge on any atom is -0.507 e. The van der Waals surface area contributed by atoms with E-state index >= 15 is 0 Å². The topological polar surface area (TPSA) is 62.1 Å². The van der Waals surface area contributed by atoms with Gasteiger partial charge in [0.1, 0.15) is 16.8 Å². The minimum atomic E-state index is -0.202. The van der Waals surface area contributed by atoms with E-state index in [2.05, 4.69) is 4.90 Å². The number of aryl methyl sites for hydroxylation is 1. The van der Waals surface area contributed by atoms with E-state index in [0.29, 0.717) is 0 Å². The highest BCUT2D eigenvalue weighted by Gasteiger charge is 2.42. The van der Waals surface area contributed by atoms with Gasteiger partial charge in [-0.2, -0.15) is 0 Å². The molecule has 0 saturated carbocycles. The van der Waals surface area contributed by atoms with Crippen LogP contribution in [0.1, 0.15) is 11.1 Å². The third kappa shape index (κ3) is 3.22. The Balaban J connectivity index is 1.76. The highest BCUT2D eigenvalue weighted by molar-refractivity contribution is 8.14. The molecule has 0 amide bonds. The van der Waals surface area contributed by atoms with E-state index in [0.717, 1.165) is 27.7 Å². The Kier molecular flexibility index (Phi) is 4.89. The first-order chi connectivity index (χ1) is 11.0. The van der Waals surface area contributed by atoms with Crippen molar-refractivity contribution in [2.45, 2.75) is 24.4 Å². The monoisotopic (exact) mass is 352 g/mol. The van der Waals surface area contributed by atoms with Crippen molar-refractivity contribution in [2.24, 2.45) is 4.99 Å². The number of aromatic hydroxyl groups is 1. The number of hydrogen-bond acceptors (Lipinski definition) is 7. The molecule has 1 aromatic rings. The number of rotatable bonds is 3. The standard InChI is InChI=1S/C16H20N2O3S2/c1-9-4-5-10(13(19)6-9)14-17-11(7-22-14)15-18(2)12(8-23-15)16(20)21-3/h4-6,11-12,15,19H,7-8H2,1-3H3/t11-,12+,15+/m1/s1. The van der Waals surface area contributed by atoms with Crippen LogP contribution < -0.4 is 0 Å². The lowest BCUT2D eigenvalue weighted by Gasteiger charge is -2.25. The SMILES string of the molecule is COC(=O)[C@@H]1CS[C@@H]([C@H]2CSC(c3ccc(C)cc3O)=N2)N1C. The molecule has 0 aromatic heterocycles. The zero-order valence-electron chi connectivity index (χ0n) is 13.4. The molecule has 0 radical (unpaired) electrons. The Hall–Kier alpha value is -1.18. The molecule has 0 unspecified atom stereocenters. The van der Waals surface area contributed by atoms with Crippen LogP contribution in [0.4, 0.5) is 0 Å². The summed E-state index contributed by atoms with van der Waals surface area (Å²) in [6.45, 7) is 1.95. The normalized spacial score (nSPS) is 28.0. The van der Waals surface area contributed by atoms with Gasteiger partial charge in [-0.15, -0.1) is 23.5 Å². The van der Waals surface area contributed by atoms with E-state index in [4.69, 9.17) is 9.73 Å². The van der Waals surface area contributed by atoms with Crippen molar-refractivity contribution in [3.8, 4) is 5.75 Å². The molecular weight excluding hydrogens is 332 g/mol.